The van der Waals surface area contributed by atoms with Gasteiger partial charge in [-0.15, -0.1) is 0 Å². The highest BCUT2D eigenvalue weighted by Crippen LogP contribution is 2.17. The van der Waals surface area contributed by atoms with Gasteiger partial charge in [0.15, 0.2) is 0 Å². The largest absolute Gasteiger partial charge is 0.361 e. The highest BCUT2D eigenvalue weighted by molar-refractivity contribution is 5.83. The van der Waals surface area contributed by atoms with Crippen LogP contribution >= 0.6 is 0 Å². The highest BCUT2D eigenvalue weighted by Gasteiger charge is 2.09. The molecule has 4 heteroatoms. The third kappa shape index (κ3) is 4.52. The van der Waals surface area contributed by atoms with E-state index in [4.69, 9.17) is 0 Å². The van der Waals surface area contributed by atoms with Crippen molar-refractivity contribution in [2.45, 2.75) is 26.8 Å². The summed E-state index contributed by atoms with van der Waals surface area (Å²) < 4.78 is 0. The summed E-state index contributed by atoms with van der Waals surface area (Å²) in [7, 11) is 1.98. The third-order valence-electron chi connectivity index (χ3n) is 4.74. The molecule has 0 bridgehead atoms. The first-order valence-corrected chi connectivity index (χ1v) is 9.09. The fraction of sp³-hybridized carbons (Fsp3) is 0.318. The maximum Gasteiger partial charge on any atom is 0.234 e. The molecule has 0 spiro atoms. The SMILES string of the molecule is Cc1ccc(CN(C)CC(=O)NCCc2c[nH]c3ccccc23)c(C)c1. The van der Waals surface area contributed by atoms with Crippen molar-refractivity contribution in [3.05, 3.63) is 70.9 Å². The van der Waals surface area contributed by atoms with Crippen LogP contribution in [-0.4, -0.2) is 35.9 Å². The molecular formula is C22H27N3O. The van der Waals surface area contributed by atoms with Crippen molar-refractivity contribution in [1.29, 1.82) is 0 Å². The van der Waals surface area contributed by atoms with E-state index in [1.807, 2.05) is 25.4 Å². The van der Waals surface area contributed by atoms with E-state index >= 15 is 0 Å². The second-order valence-corrected chi connectivity index (χ2v) is 7.06. The molecule has 0 aliphatic carbocycles. The number of nitrogens with zero attached hydrogens (tertiary/aromatic N) is 1. The topological polar surface area (TPSA) is 48.1 Å². The van der Waals surface area contributed by atoms with Crippen LogP contribution < -0.4 is 5.32 Å². The lowest BCUT2D eigenvalue weighted by atomic mass is 10.1. The lowest BCUT2D eigenvalue weighted by molar-refractivity contribution is -0.122. The lowest BCUT2D eigenvalue weighted by Crippen LogP contribution is -2.35. The number of fused-ring (bicyclic) bond motifs is 1. The summed E-state index contributed by atoms with van der Waals surface area (Å²) in [5.74, 6) is 0.0668. The third-order valence-corrected chi connectivity index (χ3v) is 4.74. The van der Waals surface area contributed by atoms with Crippen LogP contribution in [0.3, 0.4) is 0 Å². The molecule has 3 aromatic rings. The summed E-state index contributed by atoms with van der Waals surface area (Å²) in [6, 6.07) is 14.7. The van der Waals surface area contributed by atoms with Crippen LogP contribution in [0.15, 0.2) is 48.7 Å². The molecule has 2 aromatic carbocycles. The Morgan fingerprint density at radius 2 is 1.92 bits per heavy atom. The average Bonchev–Trinajstić information content (AvgIpc) is 3.01. The Labute approximate surface area is 155 Å². The van der Waals surface area contributed by atoms with Crippen LogP contribution in [0.25, 0.3) is 10.9 Å². The van der Waals surface area contributed by atoms with Crippen LogP contribution in [0.5, 0.6) is 0 Å². The van der Waals surface area contributed by atoms with Crippen LogP contribution in [0.2, 0.25) is 0 Å². The standard InChI is InChI=1S/C22H27N3O/c1-16-8-9-19(17(2)12-16)14-25(3)15-22(26)23-11-10-18-13-24-21-7-5-4-6-20(18)21/h4-9,12-13,24H,10-11,14-15H2,1-3H3,(H,23,26). The van der Waals surface area contributed by atoms with Crippen molar-refractivity contribution in [2.75, 3.05) is 20.1 Å². The van der Waals surface area contributed by atoms with Gasteiger partial charge >= 0.3 is 0 Å². The van der Waals surface area contributed by atoms with Gasteiger partial charge in [-0.2, -0.15) is 0 Å². The minimum absolute atomic E-state index is 0.0668. The van der Waals surface area contributed by atoms with Gasteiger partial charge in [-0.3, -0.25) is 9.69 Å². The number of benzene rings is 2. The maximum absolute atomic E-state index is 12.2. The number of nitrogens with one attached hydrogen (secondary N) is 2. The van der Waals surface area contributed by atoms with Crippen molar-refractivity contribution < 1.29 is 4.79 Å². The number of H-pyrrole nitrogens is 1. The molecule has 0 saturated carbocycles. The van der Waals surface area contributed by atoms with E-state index in [1.54, 1.807) is 0 Å². The summed E-state index contributed by atoms with van der Waals surface area (Å²) in [5, 5.41) is 4.26. The zero-order valence-electron chi connectivity index (χ0n) is 15.8. The molecule has 1 aromatic heterocycles. The molecule has 0 fully saturated rings. The number of likely N-dealkylation sites (N-methyl/N-ethyl adjacent to an activating group) is 1. The molecule has 0 radical (unpaired) electrons. The Morgan fingerprint density at radius 1 is 1.12 bits per heavy atom. The number of hydrogen-bond donors (Lipinski definition) is 2. The average molecular weight is 349 g/mol. The van der Waals surface area contributed by atoms with Gasteiger partial charge in [0, 0.05) is 30.2 Å². The monoisotopic (exact) mass is 349 g/mol. The maximum atomic E-state index is 12.2. The fourth-order valence-electron chi connectivity index (χ4n) is 3.35. The van der Waals surface area contributed by atoms with Gasteiger partial charge in [0.1, 0.15) is 0 Å². The normalized spacial score (nSPS) is 11.2. The zero-order chi connectivity index (χ0) is 18.5. The van der Waals surface area contributed by atoms with E-state index in [1.165, 1.54) is 27.6 Å². The minimum Gasteiger partial charge on any atom is -0.361 e. The number of amides is 1. The summed E-state index contributed by atoms with van der Waals surface area (Å²) in [6.45, 7) is 6.06. The first-order valence-electron chi connectivity index (χ1n) is 9.09. The smallest absolute Gasteiger partial charge is 0.234 e. The molecule has 0 aliphatic heterocycles. The molecule has 2 N–H and O–H groups in total. The van der Waals surface area contributed by atoms with Crippen LogP contribution in [0.1, 0.15) is 22.3 Å². The van der Waals surface area contributed by atoms with E-state index in [0.29, 0.717) is 13.1 Å². The van der Waals surface area contributed by atoms with Crippen molar-refractivity contribution in [3.63, 3.8) is 0 Å². The van der Waals surface area contributed by atoms with Crippen LogP contribution in [0, 0.1) is 13.8 Å². The van der Waals surface area contributed by atoms with Gasteiger partial charge in [0.2, 0.25) is 5.91 Å². The number of rotatable bonds is 7. The number of hydrogen-bond acceptors (Lipinski definition) is 2. The Hall–Kier alpha value is -2.59. The van der Waals surface area contributed by atoms with Gasteiger partial charge in [-0.1, -0.05) is 42.0 Å². The molecule has 0 atom stereocenters. The summed E-state index contributed by atoms with van der Waals surface area (Å²) in [6.07, 6.45) is 2.86. The van der Waals surface area contributed by atoms with Crippen molar-refractivity contribution in [1.82, 2.24) is 15.2 Å². The summed E-state index contributed by atoms with van der Waals surface area (Å²) in [5.41, 5.74) is 6.19. The molecule has 0 aliphatic rings. The molecule has 4 nitrogen and oxygen atoms in total. The molecule has 0 saturated heterocycles. The number of aromatic nitrogens is 1. The Morgan fingerprint density at radius 3 is 2.73 bits per heavy atom. The molecule has 26 heavy (non-hydrogen) atoms. The predicted molar refractivity (Wildman–Crippen MR) is 107 cm³/mol. The minimum atomic E-state index is 0.0668. The number of aromatic amines is 1. The fourth-order valence-corrected chi connectivity index (χ4v) is 3.35. The van der Waals surface area contributed by atoms with Gasteiger partial charge in [0.25, 0.3) is 0 Å². The molecule has 136 valence electrons. The van der Waals surface area contributed by atoms with Crippen molar-refractivity contribution in [3.8, 4) is 0 Å². The number of aryl methyl sites for hydroxylation is 2. The van der Waals surface area contributed by atoms with Gasteiger partial charge in [0.05, 0.1) is 6.54 Å². The quantitative estimate of drug-likeness (QED) is 0.685. The molecule has 0 unspecified atom stereocenters. The molecular weight excluding hydrogens is 322 g/mol. The van der Waals surface area contributed by atoms with Crippen molar-refractivity contribution >= 4 is 16.8 Å². The Balaban J connectivity index is 1.46. The van der Waals surface area contributed by atoms with Gasteiger partial charge in [-0.05, 0) is 50.1 Å². The first-order chi connectivity index (χ1) is 12.5. The van der Waals surface area contributed by atoms with E-state index < -0.39 is 0 Å². The second kappa shape index (κ2) is 8.19. The van der Waals surface area contributed by atoms with E-state index in [9.17, 15) is 4.79 Å². The Bertz CT molecular complexity index is 897. The zero-order valence-corrected chi connectivity index (χ0v) is 15.8. The summed E-state index contributed by atoms with van der Waals surface area (Å²) in [4.78, 5) is 17.5. The molecule has 1 heterocycles. The molecule has 1 amide bonds. The Kier molecular flexibility index (Phi) is 5.74. The van der Waals surface area contributed by atoms with E-state index in [2.05, 4.69) is 59.4 Å². The predicted octanol–water partition coefficient (Wildman–Crippen LogP) is 3.58. The first kappa shape index (κ1) is 18.2. The second-order valence-electron chi connectivity index (χ2n) is 7.06. The molecule has 3 rings (SSSR count). The summed E-state index contributed by atoms with van der Waals surface area (Å²) >= 11 is 0. The van der Waals surface area contributed by atoms with Gasteiger partial charge in [-0.25, -0.2) is 0 Å². The number of carbonyl (C=O) groups excluding carboxylic acids is 1. The van der Waals surface area contributed by atoms with E-state index in [0.717, 1.165) is 18.5 Å². The van der Waals surface area contributed by atoms with Crippen molar-refractivity contribution in [2.24, 2.45) is 0 Å². The number of para-hydroxylation sites is 1. The van der Waals surface area contributed by atoms with Crippen LogP contribution in [-0.2, 0) is 17.8 Å². The van der Waals surface area contributed by atoms with E-state index in [-0.39, 0.29) is 5.91 Å². The lowest BCUT2D eigenvalue weighted by Gasteiger charge is -2.18. The highest BCUT2D eigenvalue weighted by atomic mass is 16.2. The van der Waals surface area contributed by atoms with Gasteiger partial charge < -0.3 is 10.3 Å². The van der Waals surface area contributed by atoms with Crippen LogP contribution in [0.4, 0.5) is 0 Å². The number of carbonyl (C=O) groups is 1.